The number of carboxylic acids is 1. The number of benzene rings is 1. The number of hydrogen-bond donors (Lipinski definition) is 1. The summed E-state index contributed by atoms with van der Waals surface area (Å²) < 4.78 is 5.53. The molecule has 118 valence electrons. The number of carbonyl (C=O) groups excluding carboxylic acids is 1. The van der Waals surface area contributed by atoms with Crippen molar-refractivity contribution in [3.63, 3.8) is 0 Å². The van der Waals surface area contributed by atoms with Crippen LogP contribution in [-0.4, -0.2) is 23.5 Å². The van der Waals surface area contributed by atoms with Crippen LogP contribution in [0, 0.1) is 0 Å². The Balaban J connectivity index is 1.72. The van der Waals surface area contributed by atoms with Crippen LogP contribution in [0.15, 0.2) is 34.7 Å². The lowest BCUT2D eigenvalue weighted by Gasteiger charge is -2.16. The van der Waals surface area contributed by atoms with E-state index in [2.05, 4.69) is 6.07 Å². The normalized spacial score (nSPS) is 17.3. The van der Waals surface area contributed by atoms with E-state index >= 15 is 0 Å². The van der Waals surface area contributed by atoms with Gasteiger partial charge in [-0.05, 0) is 24.5 Å². The van der Waals surface area contributed by atoms with Gasteiger partial charge in [-0.25, -0.2) is 4.79 Å². The third-order valence-electron chi connectivity index (χ3n) is 4.90. The highest BCUT2D eigenvalue weighted by Crippen LogP contribution is 2.56. The molecule has 2 heterocycles. The maximum atomic E-state index is 12.9. The van der Waals surface area contributed by atoms with E-state index in [0.717, 1.165) is 18.5 Å². The summed E-state index contributed by atoms with van der Waals surface area (Å²) in [7, 11) is 0. The largest absolute Gasteiger partial charge is 0.478 e. The van der Waals surface area contributed by atoms with E-state index in [9.17, 15) is 14.7 Å². The Kier molecular flexibility index (Phi) is 2.88. The zero-order valence-corrected chi connectivity index (χ0v) is 12.8. The van der Waals surface area contributed by atoms with Crippen LogP contribution in [-0.2, 0) is 11.8 Å². The summed E-state index contributed by atoms with van der Waals surface area (Å²) >= 11 is 0. The summed E-state index contributed by atoms with van der Waals surface area (Å²) in [5, 5.41) is 9.22. The van der Waals surface area contributed by atoms with Gasteiger partial charge >= 0.3 is 5.97 Å². The highest BCUT2D eigenvalue weighted by Gasteiger charge is 2.53. The summed E-state index contributed by atoms with van der Waals surface area (Å²) in [5.41, 5.74) is 2.31. The molecule has 0 bridgehead atoms. The lowest BCUT2D eigenvalue weighted by Crippen LogP contribution is -2.31. The first-order valence-electron chi connectivity index (χ1n) is 7.83. The summed E-state index contributed by atoms with van der Waals surface area (Å²) in [6, 6.07) is 9.30. The molecule has 2 aromatic rings. The maximum Gasteiger partial charge on any atom is 0.339 e. The van der Waals surface area contributed by atoms with E-state index in [1.54, 1.807) is 4.90 Å². The van der Waals surface area contributed by atoms with Crippen LogP contribution in [0.4, 0.5) is 5.69 Å². The molecule has 5 nitrogen and oxygen atoms in total. The molecule has 1 spiro atoms. The first-order valence-corrected chi connectivity index (χ1v) is 7.83. The van der Waals surface area contributed by atoms with Gasteiger partial charge < -0.3 is 14.4 Å². The minimum Gasteiger partial charge on any atom is -0.478 e. The molecule has 0 atom stereocenters. The highest BCUT2D eigenvalue weighted by molar-refractivity contribution is 6.07. The molecule has 4 rings (SSSR count). The van der Waals surface area contributed by atoms with E-state index in [0.29, 0.717) is 18.7 Å². The van der Waals surface area contributed by atoms with Gasteiger partial charge in [-0.2, -0.15) is 0 Å². The molecule has 23 heavy (non-hydrogen) atoms. The Hall–Kier alpha value is -2.56. The second kappa shape index (κ2) is 4.72. The Morgan fingerprint density at radius 3 is 2.65 bits per heavy atom. The molecule has 2 aliphatic rings. The molecule has 1 aromatic carbocycles. The molecule has 1 aliphatic carbocycles. The fraction of sp³-hybridized carbons (Fsp3) is 0.333. The van der Waals surface area contributed by atoms with Gasteiger partial charge in [0.1, 0.15) is 11.3 Å². The van der Waals surface area contributed by atoms with Crippen molar-refractivity contribution < 1.29 is 19.1 Å². The van der Waals surface area contributed by atoms with Crippen LogP contribution in [0.1, 0.15) is 52.0 Å². The Labute approximate surface area is 133 Å². The van der Waals surface area contributed by atoms with Gasteiger partial charge in [0.05, 0.1) is 0 Å². The third-order valence-corrected chi connectivity index (χ3v) is 4.90. The number of para-hydroxylation sites is 1. The van der Waals surface area contributed by atoms with Crippen LogP contribution >= 0.6 is 0 Å². The number of carbonyl (C=O) groups is 2. The van der Waals surface area contributed by atoms with Crippen LogP contribution < -0.4 is 4.90 Å². The van der Waals surface area contributed by atoms with E-state index in [-0.39, 0.29) is 22.6 Å². The van der Waals surface area contributed by atoms with Crippen molar-refractivity contribution in [1.82, 2.24) is 0 Å². The van der Waals surface area contributed by atoms with Crippen molar-refractivity contribution in [1.29, 1.82) is 0 Å². The number of anilines is 1. The molecule has 1 fully saturated rings. The number of aryl methyl sites for hydroxylation is 1. The van der Waals surface area contributed by atoms with E-state index < -0.39 is 5.97 Å². The van der Waals surface area contributed by atoms with Crippen molar-refractivity contribution >= 4 is 17.6 Å². The fourth-order valence-electron chi connectivity index (χ4n) is 3.50. The van der Waals surface area contributed by atoms with Gasteiger partial charge in [-0.15, -0.1) is 0 Å². The average Bonchev–Trinajstić information content (AvgIpc) is 3.07. The number of carboxylic acid groups (broad SMARTS) is 1. The zero-order valence-electron chi connectivity index (χ0n) is 12.8. The van der Waals surface area contributed by atoms with Gasteiger partial charge in [0.25, 0.3) is 5.91 Å². The number of nitrogens with zero attached hydrogens (tertiary/aromatic N) is 1. The molecule has 0 radical (unpaired) electrons. The Morgan fingerprint density at radius 2 is 2.04 bits per heavy atom. The number of aromatic carboxylic acids is 1. The van der Waals surface area contributed by atoms with Crippen LogP contribution in [0.2, 0.25) is 0 Å². The van der Waals surface area contributed by atoms with Gasteiger partial charge in [-0.1, -0.05) is 25.1 Å². The van der Waals surface area contributed by atoms with Gasteiger partial charge in [0, 0.05) is 30.1 Å². The standard InChI is InChI=1S/C18H17NO4/c1-2-14-11(17(21)22)9-15(23-14)16(20)19-10-18(7-8-18)12-5-3-4-6-13(12)19/h3-6,9H,2,7-8,10H2,1H3,(H,21,22). The summed E-state index contributed by atoms with van der Waals surface area (Å²) in [5.74, 6) is -0.880. The van der Waals surface area contributed by atoms with Crippen LogP contribution in [0.5, 0.6) is 0 Å². The van der Waals surface area contributed by atoms with Crippen molar-refractivity contribution in [2.45, 2.75) is 31.6 Å². The molecule has 1 amide bonds. The minimum atomic E-state index is -1.06. The molecule has 1 N–H and O–H groups in total. The number of amides is 1. The first-order chi connectivity index (χ1) is 11.1. The second-order valence-electron chi connectivity index (χ2n) is 6.29. The average molecular weight is 311 g/mol. The smallest absolute Gasteiger partial charge is 0.339 e. The lowest BCUT2D eigenvalue weighted by atomic mass is 9.99. The maximum absolute atomic E-state index is 12.9. The molecule has 1 aromatic heterocycles. The van der Waals surface area contributed by atoms with Crippen molar-refractivity contribution in [2.24, 2.45) is 0 Å². The van der Waals surface area contributed by atoms with Crippen LogP contribution in [0.25, 0.3) is 0 Å². The Morgan fingerprint density at radius 1 is 1.30 bits per heavy atom. The fourth-order valence-corrected chi connectivity index (χ4v) is 3.50. The predicted molar refractivity (Wildman–Crippen MR) is 84.1 cm³/mol. The zero-order chi connectivity index (χ0) is 16.2. The third kappa shape index (κ3) is 2.00. The molecule has 5 heteroatoms. The topological polar surface area (TPSA) is 70.8 Å². The molecule has 0 saturated heterocycles. The summed E-state index contributed by atoms with van der Waals surface area (Å²) in [6.07, 6.45) is 2.62. The molecular weight excluding hydrogens is 294 g/mol. The SMILES string of the molecule is CCc1oc(C(=O)N2CC3(CC3)c3ccccc32)cc1C(=O)O. The number of fused-ring (bicyclic) bond motifs is 2. The van der Waals surface area contributed by atoms with Crippen molar-refractivity contribution in [3.8, 4) is 0 Å². The predicted octanol–water partition coefficient (Wildman–Crippen LogP) is 3.23. The summed E-state index contributed by atoms with van der Waals surface area (Å²) in [4.78, 5) is 25.9. The van der Waals surface area contributed by atoms with Gasteiger partial charge in [-0.3, -0.25) is 4.79 Å². The number of hydrogen-bond acceptors (Lipinski definition) is 3. The Bertz CT molecular complexity index is 816. The van der Waals surface area contributed by atoms with Crippen LogP contribution in [0.3, 0.4) is 0 Å². The monoisotopic (exact) mass is 311 g/mol. The quantitative estimate of drug-likeness (QED) is 0.944. The minimum absolute atomic E-state index is 0.0736. The van der Waals surface area contributed by atoms with E-state index in [1.165, 1.54) is 11.6 Å². The molecule has 0 unspecified atom stereocenters. The number of furan rings is 1. The van der Waals surface area contributed by atoms with Crippen molar-refractivity contribution in [2.75, 3.05) is 11.4 Å². The second-order valence-corrected chi connectivity index (χ2v) is 6.29. The van der Waals surface area contributed by atoms with E-state index in [1.807, 2.05) is 25.1 Å². The number of rotatable bonds is 3. The molecular formula is C18H17NO4. The van der Waals surface area contributed by atoms with Gasteiger partial charge in [0.2, 0.25) is 0 Å². The molecule has 1 saturated carbocycles. The van der Waals surface area contributed by atoms with Crippen molar-refractivity contribution in [3.05, 3.63) is 53.0 Å². The first kappa shape index (κ1) is 14.1. The molecule has 1 aliphatic heterocycles. The summed E-state index contributed by atoms with van der Waals surface area (Å²) in [6.45, 7) is 2.46. The van der Waals surface area contributed by atoms with E-state index in [4.69, 9.17) is 4.42 Å². The van der Waals surface area contributed by atoms with Gasteiger partial charge in [0.15, 0.2) is 5.76 Å². The lowest BCUT2D eigenvalue weighted by molar-refractivity contribution is 0.0694. The highest BCUT2D eigenvalue weighted by atomic mass is 16.4.